The van der Waals surface area contributed by atoms with Crippen LogP contribution in [0, 0.1) is 6.92 Å². The summed E-state index contributed by atoms with van der Waals surface area (Å²) < 4.78 is 12.5. The molecule has 2 heterocycles. The van der Waals surface area contributed by atoms with Crippen molar-refractivity contribution in [2.24, 2.45) is 0 Å². The van der Waals surface area contributed by atoms with E-state index in [1.54, 1.807) is 26.0 Å². The number of urea groups is 1. The van der Waals surface area contributed by atoms with Crippen molar-refractivity contribution in [2.45, 2.75) is 26.8 Å². The molecule has 0 spiro atoms. The summed E-state index contributed by atoms with van der Waals surface area (Å²) in [5.41, 5.74) is 3.22. The Morgan fingerprint density at radius 3 is 2.58 bits per heavy atom. The third kappa shape index (κ3) is 4.43. The lowest BCUT2D eigenvalue weighted by atomic mass is 10.0. The van der Waals surface area contributed by atoms with Crippen LogP contribution in [0.4, 0.5) is 4.79 Å². The fourth-order valence-electron chi connectivity index (χ4n) is 3.84. The molecule has 9 nitrogen and oxygen atoms in total. The fourth-order valence-corrected chi connectivity index (χ4v) is 3.84. The van der Waals surface area contributed by atoms with Crippen LogP contribution in [-0.4, -0.2) is 46.8 Å². The quantitative estimate of drug-likeness (QED) is 0.561. The number of nitrogens with one attached hydrogen (secondary N) is 2. The molecule has 2 N–H and O–H groups in total. The zero-order valence-electron chi connectivity index (χ0n) is 18.5. The van der Waals surface area contributed by atoms with E-state index >= 15 is 0 Å². The average Bonchev–Trinajstić information content (AvgIpc) is 3.12. The summed E-state index contributed by atoms with van der Waals surface area (Å²) >= 11 is 0. The Kier molecular flexibility index (Phi) is 6.12. The van der Waals surface area contributed by atoms with E-state index in [0.29, 0.717) is 11.1 Å². The van der Waals surface area contributed by atoms with Crippen molar-refractivity contribution in [3.63, 3.8) is 0 Å². The number of esters is 2. The van der Waals surface area contributed by atoms with Gasteiger partial charge in [0.1, 0.15) is 12.4 Å². The van der Waals surface area contributed by atoms with Gasteiger partial charge < -0.3 is 20.1 Å². The van der Waals surface area contributed by atoms with Gasteiger partial charge in [-0.2, -0.15) is 0 Å². The molecule has 0 fully saturated rings. The van der Waals surface area contributed by atoms with Crippen molar-refractivity contribution in [1.82, 2.24) is 20.2 Å². The van der Waals surface area contributed by atoms with Gasteiger partial charge in [-0.25, -0.2) is 19.4 Å². The zero-order valence-corrected chi connectivity index (χ0v) is 18.5. The van der Waals surface area contributed by atoms with Gasteiger partial charge in [0.25, 0.3) is 0 Å². The van der Waals surface area contributed by atoms with Gasteiger partial charge in [0.15, 0.2) is 0 Å². The number of ether oxygens (including phenoxy) is 2. The van der Waals surface area contributed by atoms with Crippen LogP contribution in [0.5, 0.6) is 0 Å². The summed E-state index contributed by atoms with van der Waals surface area (Å²) in [7, 11) is 0. The lowest BCUT2D eigenvalue weighted by Crippen LogP contribution is -2.50. The number of amides is 2. The summed E-state index contributed by atoms with van der Waals surface area (Å²) in [4.78, 5) is 41.5. The Morgan fingerprint density at radius 1 is 1.09 bits per heavy atom. The number of imidazole rings is 1. The van der Waals surface area contributed by atoms with Crippen LogP contribution in [0.3, 0.4) is 0 Å². The molecule has 1 aliphatic heterocycles. The van der Waals surface area contributed by atoms with Crippen LogP contribution in [0.1, 0.15) is 30.0 Å². The minimum absolute atomic E-state index is 0.186. The van der Waals surface area contributed by atoms with Crippen LogP contribution >= 0.6 is 0 Å². The Morgan fingerprint density at radius 2 is 1.85 bits per heavy atom. The van der Waals surface area contributed by atoms with E-state index in [1.165, 1.54) is 0 Å². The monoisotopic (exact) mass is 448 g/mol. The predicted molar refractivity (Wildman–Crippen MR) is 121 cm³/mol. The molecule has 2 aromatic carbocycles. The topological polar surface area (TPSA) is 112 Å². The molecule has 0 saturated heterocycles. The van der Waals surface area contributed by atoms with E-state index in [1.807, 2.05) is 47.9 Å². The predicted octanol–water partition coefficient (Wildman–Crippen LogP) is 3.01. The first-order valence-electron chi connectivity index (χ1n) is 10.6. The molecule has 1 unspecified atom stereocenters. The van der Waals surface area contributed by atoms with Crippen molar-refractivity contribution < 1.29 is 23.9 Å². The third-order valence-corrected chi connectivity index (χ3v) is 5.29. The van der Waals surface area contributed by atoms with Crippen LogP contribution < -0.4 is 10.6 Å². The highest BCUT2D eigenvalue weighted by molar-refractivity contribution is 5.96. The molecule has 4 rings (SSSR count). The molecule has 2 amide bonds. The molecule has 0 aliphatic carbocycles. The number of aryl methyl sites for hydroxylation is 1. The minimum atomic E-state index is -0.597. The smallest absolute Gasteiger partial charge is 0.338 e. The summed E-state index contributed by atoms with van der Waals surface area (Å²) in [5.74, 6) is -0.385. The SMILES string of the molecule is CCOC(=O)C1=C(COC(=O)c2ccc3c(c2)nc(C)n3-c2ccccc2)NC(=O)NC1C. The second kappa shape index (κ2) is 9.15. The number of aromatic nitrogens is 2. The van der Waals surface area contributed by atoms with E-state index in [4.69, 9.17) is 9.47 Å². The Balaban J connectivity index is 1.57. The van der Waals surface area contributed by atoms with E-state index < -0.39 is 24.0 Å². The number of carbonyl (C=O) groups is 3. The number of carbonyl (C=O) groups excluding carboxylic acids is 3. The van der Waals surface area contributed by atoms with Gasteiger partial charge in [-0.1, -0.05) is 18.2 Å². The van der Waals surface area contributed by atoms with E-state index in [0.717, 1.165) is 17.0 Å². The molecule has 0 radical (unpaired) electrons. The molecule has 0 saturated carbocycles. The van der Waals surface area contributed by atoms with E-state index in [2.05, 4.69) is 15.6 Å². The average molecular weight is 448 g/mol. The summed E-state index contributed by atoms with van der Waals surface area (Å²) in [6.45, 7) is 5.15. The van der Waals surface area contributed by atoms with Gasteiger partial charge in [-0.15, -0.1) is 0 Å². The van der Waals surface area contributed by atoms with E-state index in [-0.39, 0.29) is 24.5 Å². The molecule has 9 heteroatoms. The number of benzene rings is 2. The maximum atomic E-state index is 12.7. The van der Waals surface area contributed by atoms with Crippen LogP contribution in [0.25, 0.3) is 16.7 Å². The first-order valence-corrected chi connectivity index (χ1v) is 10.6. The molecule has 33 heavy (non-hydrogen) atoms. The van der Waals surface area contributed by atoms with Gasteiger partial charge in [0.05, 0.1) is 40.5 Å². The van der Waals surface area contributed by atoms with Crippen molar-refractivity contribution >= 4 is 29.0 Å². The molecule has 1 aliphatic rings. The molecule has 1 atom stereocenters. The second-order valence-electron chi connectivity index (χ2n) is 7.54. The molecular formula is C24H24N4O5. The number of rotatable bonds is 6. The number of nitrogens with zero attached hydrogens (tertiary/aromatic N) is 2. The van der Waals surface area contributed by atoms with Crippen LogP contribution in [0.2, 0.25) is 0 Å². The largest absolute Gasteiger partial charge is 0.463 e. The van der Waals surface area contributed by atoms with Gasteiger partial charge in [-0.3, -0.25) is 4.57 Å². The maximum absolute atomic E-state index is 12.7. The van der Waals surface area contributed by atoms with Crippen molar-refractivity contribution in [3.05, 3.63) is 71.2 Å². The number of para-hydroxylation sites is 1. The number of hydrogen-bond donors (Lipinski definition) is 2. The number of fused-ring (bicyclic) bond motifs is 1. The summed E-state index contributed by atoms with van der Waals surface area (Å²) in [6.07, 6.45) is 0. The minimum Gasteiger partial charge on any atom is -0.463 e. The van der Waals surface area contributed by atoms with Crippen LogP contribution in [0.15, 0.2) is 59.8 Å². The fraction of sp³-hybridized carbons (Fsp3) is 0.250. The number of hydrogen-bond acceptors (Lipinski definition) is 6. The van der Waals surface area contributed by atoms with Gasteiger partial charge in [0, 0.05) is 5.69 Å². The summed E-state index contributed by atoms with van der Waals surface area (Å²) in [6, 6.07) is 13.9. The Bertz CT molecular complexity index is 1260. The normalized spacial score (nSPS) is 15.7. The Hall–Kier alpha value is -4.14. The Labute approximate surface area is 190 Å². The molecule has 3 aromatic rings. The molecule has 1 aromatic heterocycles. The van der Waals surface area contributed by atoms with E-state index in [9.17, 15) is 14.4 Å². The molecule has 170 valence electrons. The maximum Gasteiger partial charge on any atom is 0.338 e. The molecular weight excluding hydrogens is 424 g/mol. The molecule has 0 bridgehead atoms. The zero-order chi connectivity index (χ0) is 23.5. The van der Waals surface area contributed by atoms with Crippen molar-refractivity contribution in [3.8, 4) is 5.69 Å². The van der Waals surface area contributed by atoms with Gasteiger partial charge >= 0.3 is 18.0 Å². The van der Waals surface area contributed by atoms with Gasteiger partial charge in [-0.05, 0) is 51.1 Å². The standard InChI is InChI=1S/C24H24N4O5/c1-4-32-23(30)21-14(2)25-24(31)27-19(21)13-33-22(29)16-10-11-20-18(12-16)26-15(3)28(20)17-8-6-5-7-9-17/h5-12,14H,4,13H2,1-3H3,(H2,25,27,31). The first kappa shape index (κ1) is 22.1. The highest BCUT2D eigenvalue weighted by Gasteiger charge is 2.30. The van der Waals surface area contributed by atoms with Crippen molar-refractivity contribution in [1.29, 1.82) is 0 Å². The van der Waals surface area contributed by atoms with Crippen molar-refractivity contribution in [2.75, 3.05) is 13.2 Å². The first-order chi connectivity index (χ1) is 15.9. The lowest BCUT2D eigenvalue weighted by molar-refractivity contribution is -0.139. The van der Waals surface area contributed by atoms with Crippen LogP contribution in [-0.2, 0) is 14.3 Å². The third-order valence-electron chi connectivity index (χ3n) is 5.29. The van der Waals surface area contributed by atoms with Gasteiger partial charge in [0.2, 0.25) is 0 Å². The highest BCUT2D eigenvalue weighted by atomic mass is 16.5. The highest BCUT2D eigenvalue weighted by Crippen LogP contribution is 2.23. The second-order valence-corrected chi connectivity index (χ2v) is 7.54. The summed E-state index contributed by atoms with van der Waals surface area (Å²) in [5, 5.41) is 5.14. The lowest BCUT2D eigenvalue weighted by Gasteiger charge is -2.26.